The number of hydrogen-bond acceptors (Lipinski definition) is 5. The number of thioether (sulfide) groups is 1. The molecule has 0 saturated carbocycles. The molecule has 1 aliphatic rings. The summed E-state index contributed by atoms with van der Waals surface area (Å²) < 4.78 is 0. The zero-order valence-corrected chi connectivity index (χ0v) is 9.12. The number of nitrogen functional groups attached to an aromatic ring is 1. The number of aromatic hydroxyl groups is 1. The molecular formula is C10H10N2O3S. The highest BCUT2D eigenvalue weighted by molar-refractivity contribution is 8.14. The fourth-order valence-corrected chi connectivity index (χ4v) is 2.42. The van der Waals surface area contributed by atoms with Crippen LogP contribution in [0.1, 0.15) is 15.9 Å². The summed E-state index contributed by atoms with van der Waals surface area (Å²) in [4.78, 5) is 15.1. The molecule has 5 nitrogen and oxygen atoms in total. The second kappa shape index (κ2) is 4.05. The van der Waals surface area contributed by atoms with Crippen molar-refractivity contribution in [2.75, 3.05) is 18.0 Å². The zero-order chi connectivity index (χ0) is 11.7. The second-order valence-electron chi connectivity index (χ2n) is 3.26. The number of nitrogens with zero attached hydrogens (tertiary/aromatic N) is 1. The second-order valence-corrected chi connectivity index (χ2v) is 4.35. The third kappa shape index (κ3) is 1.71. The maximum atomic E-state index is 10.9. The van der Waals surface area contributed by atoms with Crippen LogP contribution in [0.5, 0.6) is 5.75 Å². The summed E-state index contributed by atoms with van der Waals surface area (Å²) in [5, 5.41) is 19.2. The number of benzene rings is 1. The van der Waals surface area contributed by atoms with Crippen LogP contribution in [-0.2, 0) is 0 Å². The van der Waals surface area contributed by atoms with Crippen LogP contribution in [0.3, 0.4) is 0 Å². The van der Waals surface area contributed by atoms with E-state index in [0.717, 1.165) is 5.75 Å². The molecule has 4 N–H and O–H groups in total. The number of phenolic OH excluding ortho intramolecular Hbond substituents is 1. The van der Waals surface area contributed by atoms with Crippen molar-refractivity contribution in [2.45, 2.75) is 0 Å². The predicted molar refractivity (Wildman–Crippen MR) is 63.3 cm³/mol. The van der Waals surface area contributed by atoms with Crippen molar-refractivity contribution in [3.05, 3.63) is 23.3 Å². The molecule has 1 aliphatic heterocycles. The van der Waals surface area contributed by atoms with Crippen LogP contribution in [-0.4, -0.2) is 33.5 Å². The van der Waals surface area contributed by atoms with E-state index < -0.39 is 5.97 Å². The summed E-state index contributed by atoms with van der Waals surface area (Å²) in [6.45, 7) is 0.663. The van der Waals surface area contributed by atoms with Crippen LogP contribution in [0.2, 0.25) is 0 Å². The Morgan fingerprint density at radius 1 is 1.50 bits per heavy atom. The number of carboxylic acid groups (broad SMARTS) is 1. The highest BCUT2D eigenvalue weighted by Gasteiger charge is 2.21. The molecule has 0 bridgehead atoms. The smallest absolute Gasteiger partial charge is 0.337 e. The molecular weight excluding hydrogens is 228 g/mol. The first-order valence-corrected chi connectivity index (χ1v) is 5.62. The molecule has 0 spiro atoms. The number of rotatable bonds is 2. The minimum atomic E-state index is -1.11. The summed E-state index contributed by atoms with van der Waals surface area (Å²) in [6, 6.07) is 2.62. The number of hydrogen-bond donors (Lipinski definition) is 3. The van der Waals surface area contributed by atoms with Crippen LogP contribution >= 0.6 is 11.8 Å². The highest BCUT2D eigenvalue weighted by Crippen LogP contribution is 2.32. The van der Waals surface area contributed by atoms with Crippen molar-refractivity contribution in [3.63, 3.8) is 0 Å². The molecule has 6 heteroatoms. The Balaban J connectivity index is 2.59. The van der Waals surface area contributed by atoms with Crippen molar-refractivity contribution in [1.29, 1.82) is 0 Å². The van der Waals surface area contributed by atoms with Crippen LogP contribution in [0.25, 0.3) is 0 Å². The topological polar surface area (TPSA) is 95.9 Å². The van der Waals surface area contributed by atoms with Crippen molar-refractivity contribution in [1.82, 2.24) is 0 Å². The van der Waals surface area contributed by atoms with E-state index in [9.17, 15) is 9.90 Å². The zero-order valence-electron chi connectivity index (χ0n) is 8.30. The normalized spacial score (nSPS) is 14.9. The Labute approximate surface area is 96.0 Å². The largest absolute Gasteiger partial charge is 0.507 e. The monoisotopic (exact) mass is 238 g/mol. The summed E-state index contributed by atoms with van der Waals surface area (Å²) in [7, 11) is 0. The van der Waals surface area contributed by atoms with Gasteiger partial charge in [-0.3, -0.25) is 4.99 Å². The quantitative estimate of drug-likeness (QED) is 0.672. The van der Waals surface area contributed by atoms with Gasteiger partial charge in [0.2, 0.25) is 0 Å². The standard InChI is InChI=1S/C10H10N2O3S/c11-8-5(10(14)15)1-2-6(13)7(8)9-12-3-4-16-9/h1-2,13H,3-4,11H2,(H,14,15). The summed E-state index contributed by atoms with van der Waals surface area (Å²) in [5.74, 6) is -0.316. The Kier molecular flexibility index (Phi) is 2.74. The van der Waals surface area contributed by atoms with Crippen molar-refractivity contribution >= 4 is 28.5 Å². The molecule has 1 heterocycles. The van der Waals surface area contributed by atoms with E-state index in [2.05, 4.69) is 4.99 Å². The minimum Gasteiger partial charge on any atom is -0.507 e. The number of aromatic carboxylic acids is 1. The van der Waals surface area contributed by atoms with Gasteiger partial charge in [0, 0.05) is 12.3 Å². The van der Waals surface area contributed by atoms with Crippen molar-refractivity contribution in [2.24, 2.45) is 4.99 Å². The maximum Gasteiger partial charge on any atom is 0.337 e. The van der Waals surface area contributed by atoms with Gasteiger partial charge in [0.15, 0.2) is 0 Å². The molecule has 1 aromatic rings. The van der Waals surface area contributed by atoms with Gasteiger partial charge in [0.05, 0.1) is 16.8 Å². The number of aliphatic imine (C=N–C) groups is 1. The molecule has 1 aromatic carbocycles. The molecule has 0 aliphatic carbocycles. The summed E-state index contributed by atoms with van der Waals surface area (Å²) in [6.07, 6.45) is 0. The van der Waals surface area contributed by atoms with E-state index in [1.54, 1.807) is 0 Å². The van der Waals surface area contributed by atoms with E-state index in [1.807, 2.05) is 0 Å². The van der Waals surface area contributed by atoms with E-state index in [-0.39, 0.29) is 17.0 Å². The number of carbonyl (C=O) groups is 1. The first kappa shape index (κ1) is 10.8. The highest BCUT2D eigenvalue weighted by atomic mass is 32.2. The lowest BCUT2D eigenvalue weighted by atomic mass is 10.1. The van der Waals surface area contributed by atoms with E-state index >= 15 is 0 Å². The third-order valence-corrected chi connectivity index (χ3v) is 3.25. The first-order valence-electron chi connectivity index (χ1n) is 4.63. The minimum absolute atomic E-state index is 0.0111. The van der Waals surface area contributed by atoms with Crippen molar-refractivity contribution in [3.8, 4) is 5.75 Å². The van der Waals surface area contributed by atoms with Gasteiger partial charge in [-0.15, -0.1) is 11.8 Å². The molecule has 0 unspecified atom stereocenters. The molecule has 0 saturated heterocycles. The summed E-state index contributed by atoms with van der Waals surface area (Å²) in [5.41, 5.74) is 6.12. The van der Waals surface area contributed by atoms with Crippen molar-refractivity contribution < 1.29 is 15.0 Å². The average molecular weight is 238 g/mol. The molecule has 0 radical (unpaired) electrons. The lowest BCUT2D eigenvalue weighted by Crippen LogP contribution is -2.08. The first-order chi connectivity index (χ1) is 7.61. The van der Waals surface area contributed by atoms with Crippen LogP contribution in [0.15, 0.2) is 17.1 Å². The molecule has 0 aromatic heterocycles. The van der Waals surface area contributed by atoms with Gasteiger partial charge in [0.25, 0.3) is 0 Å². The number of carboxylic acids is 1. The Morgan fingerprint density at radius 3 is 2.81 bits per heavy atom. The number of nitrogens with two attached hydrogens (primary N) is 1. The van der Waals surface area contributed by atoms with E-state index in [4.69, 9.17) is 10.8 Å². The summed E-state index contributed by atoms with van der Waals surface area (Å²) >= 11 is 1.46. The van der Waals surface area contributed by atoms with Gasteiger partial charge in [-0.25, -0.2) is 4.79 Å². The number of phenols is 1. The Bertz CT molecular complexity index is 485. The van der Waals surface area contributed by atoms with Crippen LogP contribution < -0.4 is 5.73 Å². The molecule has 0 atom stereocenters. The Morgan fingerprint density at radius 2 is 2.25 bits per heavy atom. The third-order valence-electron chi connectivity index (χ3n) is 2.25. The van der Waals surface area contributed by atoms with E-state index in [0.29, 0.717) is 17.2 Å². The fraction of sp³-hybridized carbons (Fsp3) is 0.200. The van der Waals surface area contributed by atoms with Crippen LogP contribution in [0.4, 0.5) is 5.69 Å². The van der Waals surface area contributed by atoms with Crippen LogP contribution in [0, 0.1) is 0 Å². The number of anilines is 1. The SMILES string of the molecule is Nc1c(C(=O)O)ccc(O)c1C1=NCCS1. The van der Waals surface area contributed by atoms with Gasteiger partial charge in [-0.2, -0.15) is 0 Å². The molecule has 0 amide bonds. The van der Waals surface area contributed by atoms with Gasteiger partial charge in [-0.05, 0) is 12.1 Å². The maximum absolute atomic E-state index is 10.9. The molecule has 84 valence electrons. The van der Waals surface area contributed by atoms with Gasteiger partial charge in [-0.1, -0.05) is 0 Å². The molecule has 0 fully saturated rings. The fourth-order valence-electron chi connectivity index (χ4n) is 1.51. The van der Waals surface area contributed by atoms with Gasteiger partial charge >= 0.3 is 5.97 Å². The van der Waals surface area contributed by atoms with Gasteiger partial charge < -0.3 is 15.9 Å². The molecule has 16 heavy (non-hydrogen) atoms. The lowest BCUT2D eigenvalue weighted by Gasteiger charge is -2.09. The van der Waals surface area contributed by atoms with E-state index in [1.165, 1.54) is 23.9 Å². The lowest BCUT2D eigenvalue weighted by molar-refractivity contribution is 0.0698. The van der Waals surface area contributed by atoms with Gasteiger partial charge in [0.1, 0.15) is 10.8 Å². The predicted octanol–water partition coefficient (Wildman–Crippen LogP) is 1.17. The average Bonchev–Trinajstić information content (AvgIpc) is 2.70. The Hall–Kier alpha value is -1.69. The molecule has 2 rings (SSSR count).